The van der Waals surface area contributed by atoms with Crippen LogP contribution in [0.2, 0.25) is 5.02 Å². The van der Waals surface area contributed by atoms with E-state index in [4.69, 9.17) is 16.0 Å². The SMILES string of the molecule is CCCCCN1C(=O)C(O)=C(C(=O)c2cc3cc(Cl)ccc3o2)C1c1ccc(N(C)C)cc1. The fourth-order valence-corrected chi connectivity index (χ4v) is 4.39. The number of hydrogen-bond acceptors (Lipinski definition) is 5. The van der Waals surface area contributed by atoms with Crippen LogP contribution >= 0.6 is 11.6 Å². The van der Waals surface area contributed by atoms with Gasteiger partial charge in [0.05, 0.1) is 11.6 Å². The summed E-state index contributed by atoms with van der Waals surface area (Å²) in [6.45, 7) is 2.53. The van der Waals surface area contributed by atoms with Crippen LogP contribution in [0.25, 0.3) is 11.0 Å². The Balaban J connectivity index is 1.76. The Bertz CT molecular complexity index is 1230. The second kappa shape index (κ2) is 9.32. The largest absolute Gasteiger partial charge is 0.503 e. The van der Waals surface area contributed by atoms with Gasteiger partial charge in [0.25, 0.3) is 5.91 Å². The zero-order valence-corrected chi connectivity index (χ0v) is 19.7. The Morgan fingerprint density at radius 1 is 1.12 bits per heavy atom. The van der Waals surface area contributed by atoms with Crippen LogP contribution in [0.3, 0.4) is 0 Å². The topological polar surface area (TPSA) is 74.0 Å². The maximum atomic E-state index is 13.6. The van der Waals surface area contributed by atoms with Gasteiger partial charge in [0, 0.05) is 36.7 Å². The zero-order chi connectivity index (χ0) is 23.7. The molecule has 1 atom stereocenters. The molecule has 2 heterocycles. The Morgan fingerprint density at radius 3 is 2.52 bits per heavy atom. The van der Waals surface area contributed by atoms with Crippen LogP contribution in [0.15, 0.2) is 64.3 Å². The second-order valence-corrected chi connectivity index (χ2v) is 8.91. The Morgan fingerprint density at radius 2 is 1.85 bits per heavy atom. The van der Waals surface area contributed by atoms with Gasteiger partial charge < -0.3 is 19.3 Å². The number of ketones is 1. The van der Waals surface area contributed by atoms with Crippen LogP contribution in [-0.4, -0.2) is 42.3 Å². The number of aliphatic hydroxyl groups excluding tert-OH is 1. The van der Waals surface area contributed by atoms with E-state index in [1.807, 2.05) is 43.3 Å². The first-order chi connectivity index (χ1) is 15.8. The number of rotatable bonds is 8. The summed E-state index contributed by atoms with van der Waals surface area (Å²) in [5.74, 6) is -1.49. The summed E-state index contributed by atoms with van der Waals surface area (Å²) in [5, 5.41) is 12.0. The monoisotopic (exact) mass is 466 g/mol. The van der Waals surface area contributed by atoms with Crippen molar-refractivity contribution >= 4 is 39.9 Å². The lowest BCUT2D eigenvalue weighted by Gasteiger charge is -2.27. The van der Waals surface area contributed by atoms with Crippen molar-refractivity contribution < 1.29 is 19.1 Å². The molecule has 2 aromatic carbocycles. The Kier molecular flexibility index (Phi) is 6.47. The van der Waals surface area contributed by atoms with Gasteiger partial charge in [-0.2, -0.15) is 0 Å². The molecule has 7 heteroatoms. The van der Waals surface area contributed by atoms with Crippen molar-refractivity contribution in [1.29, 1.82) is 0 Å². The third-order valence-corrected chi connectivity index (χ3v) is 6.21. The van der Waals surface area contributed by atoms with Crippen molar-refractivity contribution in [3.05, 3.63) is 76.2 Å². The van der Waals surface area contributed by atoms with Crippen LogP contribution in [0.4, 0.5) is 5.69 Å². The number of benzene rings is 2. The minimum absolute atomic E-state index is 0.0410. The molecule has 0 saturated heterocycles. The summed E-state index contributed by atoms with van der Waals surface area (Å²) < 4.78 is 5.76. The Hall–Kier alpha value is -3.25. The van der Waals surface area contributed by atoms with E-state index in [1.165, 1.54) is 0 Å². The van der Waals surface area contributed by atoms with Crippen molar-refractivity contribution in [2.75, 3.05) is 25.5 Å². The van der Waals surface area contributed by atoms with E-state index in [9.17, 15) is 14.7 Å². The van der Waals surface area contributed by atoms with Gasteiger partial charge in [-0.25, -0.2) is 0 Å². The lowest BCUT2D eigenvalue weighted by Crippen LogP contribution is -2.32. The van der Waals surface area contributed by atoms with E-state index >= 15 is 0 Å². The predicted molar refractivity (Wildman–Crippen MR) is 130 cm³/mol. The molecule has 1 aliphatic rings. The van der Waals surface area contributed by atoms with E-state index < -0.39 is 23.5 Å². The van der Waals surface area contributed by atoms with Crippen LogP contribution in [0.1, 0.15) is 48.3 Å². The second-order valence-electron chi connectivity index (χ2n) is 8.48. The van der Waals surface area contributed by atoms with Crippen LogP contribution < -0.4 is 4.90 Å². The maximum absolute atomic E-state index is 13.6. The van der Waals surface area contributed by atoms with E-state index in [0.717, 1.165) is 30.5 Å². The number of halogens is 1. The molecular formula is C26H27ClN2O4. The van der Waals surface area contributed by atoms with Crippen LogP contribution in [-0.2, 0) is 4.79 Å². The highest BCUT2D eigenvalue weighted by molar-refractivity contribution is 6.31. The first-order valence-corrected chi connectivity index (χ1v) is 11.4. The molecule has 33 heavy (non-hydrogen) atoms. The third kappa shape index (κ3) is 4.35. The summed E-state index contributed by atoms with van der Waals surface area (Å²) >= 11 is 6.06. The van der Waals surface area contributed by atoms with Crippen molar-refractivity contribution in [2.45, 2.75) is 32.2 Å². The average molecular weight is 467 g/mol. The molecule has 6 nitrogen and oxygen atoms in total. The number of carbonyl (C=O) groups excluding carboxylic acids is 2. The molecule has 0 fully saturated rings. The lowest BCUT2D eigenvalue weighted by atomic mass is 9.94. The van der Waals surface area contributed by atoms with Gasteiger partial charge >= 0.3 is 0 Å². The molecule has 0 saturated carbocycles. The first-order valence-electron chi connectivity index (χ1n) is 11.1. The van der Waals surface area contributed by atoms with Crippen molar-refractivity contribution in [3.8, 4) is 0 Å². The molecule has 172 valence electrons. The van der Waals surface area contributed by atoms with Crippen molar-refractivity contribution in [2.24, 2.45) is 0 Å². The van der Waals surface area contributed by atoms with Gasteiger partial charge in [0.15, 0.2) is 11.5 Å². The summed E-state index contributed by atoms with van der Waals surface area (Å²) in [6.07, 6.45) is 2.73. The molecule has 0 spiro atoms. The van der Waals surface area contributed by atoms with E-state index in [0.29, 0.717) is 22.5 Å². The van der Waals surface area contributed by atoms with Gasteiger partial charge in [0.1, 0.15) is 5.58 Å². The summed E-state index contributed by atoms with van der Waals surface area (Å²) in [5.41, 5.74) is 2.31. The highest BCUT2D eigenvalue weighted by Gasteiger charge is 2.44. The molecule has 0 radical (unpaired) electrons. The highest BCUT2D eigenvalue weighted by Crippen LogP contribution is 2.40. The molecular weight excluding hydrogens is 440 g/mol. The van der Waals surface area contributed by atoms with Crippen molar-refractivity contribution in [3.63, 3.8) is 0 Å². The number of nitrogens with zero attached hydrogens (tertiary/aromatic N) is 2. The molecule has 1 amide bonds. The molecule has 0 bridgehead atoms. The Labute approximate surface area is 198 Å². The van der Waals surface area contributed by atoms with Gasteiger partial charge in [-0.15, -0.1) is 0 Å². The number of unbranched alkanes of at least 4 members (excludes halogenated alkanes) is 2. The minimum atomic E-state index is -0.685. The number of fused-ring (bicyclic) bond motifs is 1. The number of anilines is 1. The maximum Gasteiger partial charge on any atom is 0.290 e. The number of Topliss-reactive ketones (excluding diaryl/α,β-unsaturated/α-hetero) is 1. The molecule has 1 aromatic heterocycles. The van der Waals surface area contributed by atoms with Gasteiger partial charge in [-0.1, -0.05) is 43.5 Å². The van der Waals surface area contributed by atoms with E-state index in [1.54, 1.807) is 29.2 Å². The number of hydrogen-bond donors (Lipinski definition) is 1. The third-order valence-electron chi connectivity index (χ3n) is 5.98. The molecule has 3 aromatic rings. The smallest absolute Gasteiger partial charge is 0.290 e. The molecule has 1 unspecified atom stereocenters. The standard InChI is InChI=1S/C26H27ClN2O4/c1-4-5-6-13-29-23(16-7-10-19(11-8-16)28(2)3)22(25(31)26(29)32)24(30)21-15-17-14-18(27)9-12-20(17)33-21/h7-12,14-15,23,31H,4-6,13H2,1-3H3. The van der Waals surface area contributed by atoms with Crippen LogP contribution in [0.5, 0.6) is 0 Å². The van der Waals surface area contributed by atoms with E-state index in [2.05, 4.69) is 6.92 Å². The highest BCUT2D eigenvalue weighted by atomic mass is 35.5. The molecule has 1 aliphatic heterocycles. The number of aliphatic hydroxyl groups is 1. The quantitative estimate of drug-likeness (QED) is 0.329. The minimum Gasteiger partial charge on any atom is -0.503 e. The normalized spacial score (nSPS) is 16.2. The predicted octanol–water partition coefficient (Wildman–Crippen LogP) is 5.92. The number of furan rings is 1. The fourth-order valence-electron chi connectivity index (χ4n) is 4.21. The number of amides is 1. The van der Waals surface area contributed by atoms with Gasteiger partial charge in [-0.05, 0) is 48.4 Å². The molecule has 1 N–H and O–H groups in total. The van der Waals surface area contributed by atoms with Gasteiger partial charge in [0.2, 0.25) is 5.78 Å². The number of carbonyl (C=O) groups is 2. The molecule has 4 rings (SSSR count). The first kappa shape index (κ1) is 22.9. The van der Waals surface area contributed by atoms with Crippen LogP contribution in [0, 0.1) is 0 Å². The zero-order valence-electron chi connectivity index (χ0n) is 19.0. The van der Waals surface area contributed by atoms with E-state index in [-0.39, 0.29) is 11.3 Å². The summed E-state index contributed by atoms with van der Waals surface area (Å²) in [7, 11) is 3.89. The summed E-state index contributed by atoms with van der Waals surface area (Å²) in [6, 6.07) is 13.7. The van der Waals surface area contributed by atoms with Gasteiger partial charge in [-0.3, -0.25) is 9.59 Å². The lowest BCUT2D eigenvalue weighted by molar-refractivity contribution is -0.129. The average Bonchev–Trinajstić information content (AvgIpc) is 3.33. The fraction of sp³-hybridized carbons (Fsp3) is 0.308. The molecule has 0 aliphatic carbocycles. The summed E-state index contributed by atoms with van der Waals surface area (Å²) in [4.78, 5) is 30.2. The van der Waals surface area contributed by atoms with Crippen molar-refractivity contribution in [1.82, 2.24) is 4.90 Å².